The van der Waals surface area contributed by atoms with Crippen molar-refractivity contribution in [2.75, 3.05) is 27.2 Å². The van der Waals surface area contributed by atoms with E-state index in [4.69, 9.17) is 11.6 Å². The lowest BCUT2D eigenvalue weighted by molar-refractivity contribution is 0.473. The Kier molecular flexibility index (Phi) is 7.87. The summed E-state index contributed by atoms with van der Waals surface area (Å²) in [7, 11) is 2.00. The van der Waals surface area contributed by atoms with Crippen LogP contribution in [-0.4, -0.2) is 56.2 Å². The summed E-state index contributed by atoms with van der Waals surface area (Å²) < 4.78 is 29.4. The highest BCUT2D eigenvalue weighted by molar-refractivity contribution is 7.91. The van der Waals surface area contributed by atoms with Crippen LogP contribution in [0.1, 0.15) is 31.0 Å². The Morgan fingerprint density at radius 2 is 2.11 bits per heavy atom. The van der Waals surface area contributed by atoms with Gasteiger partial charge in [0.05, 0.1) is 10.0 Å². The lowest BCUT2D eigenvalue weighted by atomic mass is 10.1. The van der Waals surface area contributed by atoms with Gasteiger partial charge in [0.15, 0.2) is 5.96 Å². The van der Waals surface area contributed by atoms with Crippen molar-refractivity contribution in [3.05, 3.63) is 33.9 Å². The number of hydrogen-bond acceptors (Lipinski definition) is 5. The van der Waals surface area contributed by atoms with E-state index in [1.54, 1.807) is 13.1 Å². The molecule has 2 N–H and O–H groups in total. The van der Waals surface area contributed by atoms with Crippen molar-refractivity contribution in [1.29, 1.82) is 0 Å². The number of thiophene rings is 1. The van der Waals surface area contributed by atoms with E-state index in [9.17, 15) is 8.42 Å². The number of sulfonamides is 1. The quantitative estimate of drug-likeness (QED) is 0.368. The zero-order chi connectivity index (χ0) is 20.9. The zero-order valence-electron chi connectivity index (χ0n) is 16.7. The van der Waals surface area contributed by atoms with Gasteiger partial charge < -0.3 is 10.2 Å². The Labute approximate surface area is 175 Å². The fourth-order valence-electron chi connectivity index (χ4n) is 2.75. The molecule has 0 saturated carbocycles. The van der Waals surface area contributed by atoms with Crippen molar-refractivity contribution in [3.63, 3.8) is 0 Å². The van der Waals surface area contributed by atoms with E-state index < -0.39 is 10.0 Å². The van der Waals surface area contributed by atoms with Gasteiger partial charge in [-0.15, -0.1) is 11.3 Å². The second-order valence-electron chi connectivity index (χ2n) is 6.65. The van der Waals surface area contributed by atoms with E-state index in [0.29, 0.717) is 29.3 Å². The van der Waals surface area contributed by atoms with E-state index in [1.165, 1.54) is 6.07 Å². The van der Waals surface area contributed by atoms with Crippen molar-refractivity contribution in [2.24, 2.45) is 12.0 Å². The Hall–Kier alpha value is -1.62. The first-order valence-electron chi connectivity index (χ1n) is 8.83. The number of nitrogens with one attached hydrogen (secondary N) is 2. The van der Waals surface area contributed by atoms with E-state index in [2.05, 4.69) is 34.0 Å². The van der Waals surface area contributed by atoms with Crippen molar-refractivity contribution in [3.8, 4) is 0 Å². The maximum Gasteiger partial charge on any atom is 0.250 e. The Morgan fingerprint density at radius 3 is 2.68 bits per heavy atom. The van der Waals surface area contributed by atoms with Gasteiger partial charge >= 0.3 is 0 Å². The molecular formula is C17H27ClN6O2S2. The largest absolute Gasteiger partial charge is 0.355 e. The molecule has 11 heteroatoms. The van der Waals surface area contributed by atoms with Crippen LogP contribution in [0.4, 0.5) is 0 Å². The molecule has 0 amide bonds. The van der Waals surface area contributed by atoms with Crippen molar-refractivity contribution < 1.29 is 8.42 Å². The average molecular weight is 447 g/mol. The summed E-state index contributed by atoms with van der Waals surface area (Å²) in [6.45, 7) is 5.52. The van der Waals surface area contributed by atoms with Gasteiger partial charge in [0.1, 0.15) is 4.21 Å². The topological polar surface area (TPSA) is 91.6 Å². The van der Waals surface area contributed by atoms with Crippen LogP contribution in [0, 0.1) is 0 Å². The molecule has 0 unspecified atom stereocenters. The predicted octanol–water partition coefficient (Wildman–Crippen LogP) is 2.24. The maximum atomic E-state index is 12.2. The number of hydrogen-bond donors (Lipinski definition) is 2. The highest BCUT2D eigenvalue weighted by Crippen LogP contribution is 2.25. The minimum Gasteiger partial charge on any atom is -0.355 e. The smallest absolute Gasteiger partial charge is 0.250 e. The molecule has 2 rings (SSSR count). The predicted molar refractivity (Wildman–Crippen MR) is 115 cm³/mol. The van der Waals surface area contributed by atoms with Gasteiger partial charge in [0, 0.05) is 52.5 Å². The third kappa shape index (κ3) is 5.94. The number of rotatable bonds is 8. The Balaban J connectivity index is 1.89. The minimum absolute atomic E-state index is 0.205. The number of aryl methyl sites for hydroxylation is 1. The second kappa shape index (κ2) is 9.73. The van der Waals surface area contributed by atoms with Crippen LogP contribution in [0.15, 0.2) is 27.5 Å². The fraction of sp³-hybridized carbons (Fsp3) is 0.529. The van der Waals surface area contributed by atoms with Crippen LogP contribution >= 0.6 is 22.9 Å². The molecule has 0 bridgehead atoms. The second-order valence-corrected chi connectivity index (χ2v) is 10.4. The summed E-state index contributed by atoms with van der Waals surface area (Å²) in [6, 6.07) is 3.06. The fourth-order valence-corrected chi connectivity index (χ4v) is 5.31. The van der Waals surface area contributed by atoms with Crippen molar-refractivity contribution in [2.45, 2.75) is 30.5 Å². The monoisotopic (exact) mass is 446 g/mol. The summed E-state index contributed by atoms with van der Waals surface area (Å²) in [4.78, 5) is 6.26. The minimum atomic E-state index is -3.55. The summed E-state index contributed by atoms with van der Waals surface area (Å²) in [6.07, 6.45) is 2.01. The van der Waals surface area contributed by atoms with Gasteiger partial charge in [-0.25, -0.2) is 13.1 Å². The van der Waals surface area contributed by atoms with Gasteiger partial charge in [-0.2, -0.15) is 5.10 Å². The van der Waals surface area contributed by atoms with E-state index in [-0.39, 0.29) is 10.8 Å². The first-order valence-corrected chi connectivity index (χ1v) is 11.5. The molecule has 0 fully saturated rings. The molecule has 2 heterocycles. The molecule has 0 radical (unpaired) electrons. The lowest BCUT2D eigenvalue weighted by Gasteiger charge is -2.22. The number of guanidine groups is 1. The summed E-state index contributed by atoms with van der Waals surface area (Å²) in [5.74, 6) is 1.01. The molecule has 0 atom stereocenters. The molecule has 0 aromatic carbocycles. The molecular weight excluding hydrogens is 420 g/mol. The van der Waals surface area contributed by atoms with Gasteiger partial charge in [-0.1, -0.05) is 25.4 Å². The SMILES string of the molecule is CN=C(NCCNS(=O)(=O)c1ccc(Cl)s1)N(C)Cc1cn(C)nc1C(C)C. The molecule has 2 aromatic rings. The summed E-state index contributed by atoms with van der Waals surface area (Å²) in [5.41, 5.74) is 2.20. The van der Waals surface area contributed by atoms with Gasteiger partial charge in [0.25, 0.3) is 0 Å². The molecule has 28 heavy (non-hydrogen) atoms. The van der Waals surface area contributed by atoms with Gasteiger partial charge in [-0.05, 0) is 18.1 Å². The molecule has 0 aliphatic heterocycles. The molecule has 156 valence electrons. The van der Waals surface area contributed by atoms with E-state index in [0.717, 1.165) is 22.6 Å². The van der Waals surface area contributed by atoms with Gasteiger partial charge in [0.2, 0.25) is 10.0 Å². The normalized spacial score (nSPS) is 12.6. The third-order valence-electron chi connectivity index (χ3n) is 3.98. The molecule has 0 spiro atoms. The van der Waals surface area contributed by atoms with Crippen LogP contribution in [0.2, 0.25) is 4.34 Å². The van der Waals surface area contributed by atoms with E-state index in [1.807, 2.05) is 29.9 Å². The number of aromatic nitrogens is 2. The van der Waals surface area contributed by atoms with Crippen molar-refractivity contribution in [1.82, 2.24) is 24.7 Å². The average Bonchev–Trinajstić information content (AvgIpc) is 3.21. The maximum absolute atomic E-state index is 12.2. The Morgan fingerprint density at radius 1 is 1.39 bits per heavy atom. The van der Waals surface area contributed by atoms with Crippen LogP contribution in [0.25, 0.3) is 0 Å². The number of aliphatic imine (C=N–C) groups is 1. The summed E-state index contributed by atoms with van der Waals surface area (Å²) >= 11 is 6.84. The number of nitrogens with zero attached hydrogens (tertiary/aromatic N) is 4. The van der Waals surface area contributed by atoms with E-state index >= 15 is 0 Å². The van der Waals surface area contributed by atoms with Crippen LogP contribution in [0.5, 0.6) is 0 Å². The van der Waals surface area contributed by atoms with Gasteiger partial charge in [-0.3, -0.25) is 9.67 Å². The highest BCUT2D eigenvalue weighted by atomic mass is 35.5. The van der Waals surface area contributed by atoms with Crippen LogP contribution in [-0.2, 0) is 23.6 Å². The first kappa shape index (κ1) is 22.7. The zero-order valence-corrected chi connectivity index (χ0v) is 19.1. The molecule has 0 aliphatic carbocycles. The Bertz CT molecular complexity index is 920. The van der Waals surface area contributed by atoms with Crippen molar-refractivity contribution >= 4 is 38.9 Å². The molecule has 0 aliphatic rings. The molecule has 2 aromatic heterocycles. The third-order valence-corrected chi connectivity index (χ3v) is 7.16. The molecule has 8 nitrogen and oxygen atoms in total. The first-order chi connectivity index (χ1) is 13.1. The highest BCUT2D eigenvalue weighted by Gasteiger charge is 2.17. The van der Waals surface area contributed by atoms with Crippen LogP contribution < -0.4 is 10.0 Å². The van der Waals surface area contributed by atoms with Crippen LogP contribution in [0.3, 0.4) is 0 Å². The standard InChI is InChI=1S/C17H27ClN6O2S2/c1-12(2)16-13(11-24(5)22-16)10-23(4)17(19-3)20-8-9-21-28(25,26)15-7-6-14(18)27-15/h6-7,11-12,21H,8-10H2,1-5H3,(H,19,20). The lowest BCUT2D eigenvalue weighted by Crippen LogP contribution is -2.42. The summed E-state index contributed by atoms with van der Waals surface area (Å²) in [5, 5.41) is 7.70. The molecule has 0 saturated heterocycles. The number of halogens is 1.